The minimum atomic E-state index is 0.0783. The predicted molar refractivity (Wildman–Crippen MR) is 108 cm³/mol. The van der Waals surface area contributed by atoms with E-state index in [0.717, 1.165) is 37.5 Å². The van der Waals surface area contributed by atoms with Crippen molar-refractivity contribution in [2.45, 2.75) is 33.2 Å². The van der Waals surface area contributed by atoms with Crippen LogP contribution in [0.5, 0.6) is 0 Å². The fourth-order valence-corrected chi connectivity index (χ4v) is 4.53. The summed E-state index contributed by atoms with van der Waals surface area (Å²) in [5.41, 5.74) is 1.28. The Morgan fingerprint density at radius 3 is 3.08 bits per heavy atom. The Labute approximate surface area is 162 Å². The molecule has 0 unspecified atom stereocenters. The van der Waals surface area contributed by atoms with Gasteiger partial charge in [-0.1, -0.05) is 0 Å². The van der Waals surface area contributed by atoms with Crippen molar-refractivity contribution in [3.8, 4) is 0 Å². The number of hydrogen-bond acceptors (Lipinski definition) is 5. The molecule has 0 fully saturated rings. The van der Waals surface area contributed by atoms with Gasteiger partial charge in [-0.05, 0) is 37.3 Å². The number of fused-ring (bicyclic) bond motifs is 1. The molecule has 1 aliphatic rings. The van der Waals surface area contributed by atoms with E-state index in [4.69, 9.17) is 0 Å². The van der Waals surface area contributed by atoms with Crippen molar-refractivity contribution >= 4 is 34.5 Å². The summed E-state index contributed by atoms with van der Waals surface area (Å²) in [6, 6.07) is 2.12. The van der Waals surface area contributed by atoms with Gasteiger partial charge >= 0.3 is 0 Å². The average Bonchev–Trinajstić information content (AvgIpc) is 3.27. The first-order valence-corrected chi connectivity index (χ1v) is 10.6. The molecule has 0 bridgehead atoms. The lowest BCUT2D eigenvalue weighted by atomic mass is 10.1. The molecule has 1 amide bonds. The normalized spacial score (nSPS) is 14.2. The maximum absolute atomic E-state index is 12.5. The Hall–Kier alpha value is -1.93. The summed E-state index contributed by atoms with van der Waals surface area (Å²) in [6.07, 6.45) is 3.70. The largest absolute Gasteiger partial charge is 0.357 e. The van der Waals surface area contributed by atoms with Gasteiger partial charge in [-0.3, -0.25) is 4.79 Å². The lowest BCUT2D eigenvalue weighted by molar-refractivity contribution is -0.130. The van der Waals surface area contributed by atoms with E-state index in [1.165, 1.54) is 15.3 Å². The smallest absolute Gasteiger partial charge is 0.244 e. The molecule has 0 spiro atoms. The van der Waals surface area contributed by atoms with Crippen LogP contribution in [0.4, 0.5) is 0 Å². The zero-order valence-corrected chi connectivity index (χ0v) is 16.9. The van der Waals surface area contributed by atoms with Crippen LogP contribution >= 0.6 is 22.7 Å². The molecule has 2 N–H and O–H groups in total. The topological polar surface area (TPSA) is 69.6 Å². The first-order valence-electron chi connectivity index (χ1n) is 8.92. The average molecular weight is 392 g/mol. The van der Waals surface area contributed by atoms with Gasteiger partial charge in [0.1, 0.15) is 6.54 Å². The van der Waals surface area contributed by atoms with Crippen LogP contribution in [0.15, 0.2) is 22.6 Å². The predicted octanol–water partition coefficient (Wildman–Crippen LogP) is 2.20. The van der Waals surface area contributed by atoms with Gasteiger partial charge in [0.25, 0.3) is 0 Å². The Morgan fingerprint density at radius 2 is 2.31 bits per heavy atom. The van der Waals surface area contributed by atoms with Crippen LogP contribution < -0.4 is 10.6 Å². The van der Waals surface area contributed by atoms with Crippen molar-refractivity contribution in [1.82, 2.24) is 20.5 Å². The fraction of sp³-hybridized carbons (Fsp3) is 0.500. The summed E-state index contributed by atoms with van der Waals surface area (Å²) < 4.78 is 0. The van der Waals surface area contributed by atoms with Gasteiger partial charge in [-0.25, -0.2) is 9.98 Å². The van der Waals surface area contributed by atoms with Gasteiger partial charge in [0, 0.05) is 48.6 Å². The summed E-state index contributed by atoms with van der Waals surface area (Å²) >= 11 is 3.50. The molecule has 3 rings (SSSR count). The Balaban J connectivity index is 1.49. The van der Waals surface area contributed by atoms with Crippen molar-refractivity contribution in [3.63, 3.8) is 0 Å². The third-order valence-corrected chi connectivity index (χ3v) is 6.17. The second kappa shape index (κ2) is 9.14. The van der Waals surface area contributed by atoms with Gasteiger partial charge in [-0.2, -0.15) is 0 Å². The SMILES string of the molecule is CCNC(=NCC(=O)N1CCc2sccc2C1)NCCc1ncc(C)s1. The van der Waals surface area contributed by atoms with Crippen LogP contribution in [0.25, 0.3) is 0 Å². The second-order valence-corrected chi connectivity index (χ2v) is 8.49. The summed E-state index contributed by atoms with van der Waals surface area (Å²) in [6.45, 7) is 7.26. The summed E-state index contributed by atoms with van der Waals surface area (Å²) in [7, 11) is 0. The summed E-state index contributed by atoms with van der Waals surface area (Å²) in [5.74, 6) is 0.761. The van der Waals surface area contributed by atoms with E-state index in [2.05, 4.69) is 39.0 Å². The number of guanidine groups is 1. The standard InChI is InChI=1S/C18H25N5OS2/c1-3-19-18(20-7-4-16-21-10-13(2)26-16)22-11-17(24)23-8-5-15-14(12-23)6-9-25-15/h6,9-10H,3-5,7-8,11-12H2,1-2H3,(H2,19,20,22). The molecule has 2 aromatic heterocycles. The highest BCUT2D eigenvalue weighted by molar-refractivity contribution is 7.11. The lowest BCUT2D eigenvalue weighted by Crippen LogP contribution is -2.40. The van der Waals surface area contributed by atoms with Gasteiger partial charge < -0.3 is 15.5 Å². The van der Waals surface area contributed by atoms with Crippen LogP contribution in [0.1, 0.15) is 27.2 Å². The van der Waals surface area contributed by atoms with Gasteiger partial charge in [0.15, 0.2) is 5.96 Å². The van der Waals surface area contributed by atoms with E-state index in [9.17, 15) is 4.79 Å². The highest BCUT2D eigenvalue weighted by Crippen LogP contribution is 2.23. The van der Waals surface area contributed by atoms with E-state index >= 15 is 0 Å². The number of aliphatic imine (C=N–C) groups is 1. The van der Waals surface area contributed by atoms with E-state index in [1.807, 2.05) is 18.0 Å². The van der Waals surface area contributed by atoms with Crippen LogP contribution in [0.2, 0.25) is 0 Å². The lowest BCUT2D eigenvalue weighted by Gasteiger charge is -2.26. The maximum Gasteiger partial charge on any atom is 0.244 e. The number of rotatable bonds is 6. The third-order valence-electron chi connectivity index (χ3n) is 4.18. The molecule has 1 aliphatic heterocycles. The maximum atomic E-state index is 12.5. The third kappa shape index (κ3) is 5.04. The highest BCUT2D eigenvalue weighted by atomic mass is 32.1. The molecule has 3 heterocycles. The van der Waals surface area contributed by atoms with Crippen LogP contribution in [-0.4, -0.2) is 47.9 Å². The number of hydrogen-bond donors (Lipinski definition) is 2. The van der Waals surface area contributed by atoms with E-state index in [0.29, 0.717) is 12.5 Å². The Kier molecular flexibility index (Phi) is 6.62. The molecule has 0 atom stereocenters. The molecule has 6 nitrogen and oxygen atoms in total. The number of nitrogens with zero attached hydrogens (tertiary/aromatic N) is 3. The molecule has 0 aromatic carbocycles. The number of aryl methyl sites for hydroxylation is 1. The number of amides is 1. The minimum absolute atomic E-state index is 0.0783. The number of carbonyl (C=O) groups excluding carboxylic acids is 1. The second-order valence-electron chi connectivity index (χ2n) is 6.17. The molecule has 0 radical (unpaired) electrons. The van der Waals surface area contributed by atoms with Crippen LogP contribution in [0, 0.1) is 6.92 Å². The van der Waals surface area contributed by atoms with Crippen molar-refractivity contribution in [3.05, 3.63) is 38.0 Å². The quantitative estimate of drug-likeness (QED) is 0.585. The molecule has 26 heavy (non-hydrogen) atoms. The molecular weight excluding hydrogens is 366 g/mol. The van der Waals surface area contributed by atoms with Gasteiger partial charge in [-0.15, -0.1) is 22.7 Å². The van der Waals surface area contributed by atoms with Crippen LogP contribution in [0.3, 0.4) is 0 Å². The molecule has 0 aliphatic carbocycles. The van der Waals surface area contributed by atoms with E-state index < -0.39 is 0 Å². The summed E-state index contributed by atoms with van der Waals surface area (Å²) in [5, 5.41) is 9.70. The van der Waals surface area contributed by atoms with Crippen molar-refractivity contribution in [1.29, 1.82) is 0 Å². The van der Waals surface area contributed by atoms with E-state index in [1.54, 1.807) is 22.7 Å². The van der Waals surface area contributed by atoms with Crippen molar-refractivity contribution in [2.75, 3.05) is 26.2 Å². The van der Waals surface area contributed by atoms with Crippen molar-refractivity contribution in [2.24, 2.45) is 4.99 Å². The highest BCUT2D eigenvalue weighted by Gasteiger charge is 2.21. The zero-order valence-electron chi connectivity index (χ0n) is 15.2. The summed E-state index contributed by atoms with van der Waals surface area (Å²) in [4.78, 5) is 25.9. The molecule has 8 heteroatoms. The number of aromatic nitrogens is 1. The van der Waals surface area contributed by atoms with Gasteiger partial charge in [0.2, 0.25) is 5.91 Å². The van der Waals surface area contributed by atoms with Crippen molar-refractivity contribution < 1.29 is 4.79 Å². The first-order chi connectivity index (χ1) is 12.7. The zero-order chi connectivity index (χ0) is 18.4. The fourth-order valence-electron chi connectivity index (χ4n) is 2.85. The van der Waals surface area contributed by atoms with Crippen LogP contribution in [-0.2, 0) is 24.2 Å². The monoisotopic (exact) mass is 391 g/mol. The number of nitrogens with one attached hydrogen (secondary N) is 2. The molecular formula is C18H25N5OS2. The van der Waals surface area contributed by atoms with E-state index in [-0.39, 0.29) is 12.5 Å². The minimum Gasteiger partial charge on any atom is -0.357 e. The molecule has 2 aromatic rings. The first kappa shape index (κ1) is 18.8. The van der Waals surface area contributed by atoms with Gasteiger partial charge in [0.05, 0.1) is 5.01 Å². The molecule has 0 saturated carbocycles. The Morgan fingerprint density at radius 1 is 1.42 bits per heavy atom. The number of thiophene rings is 1. The molecule has 0 saturated heterocycles. The molecule has 140 valence electrons. The Bertz CT molecular complexity index is 767. The number of carbonyl (C=O) groups is 1. The number of thiazole rings is 1.